The summed E-state index contributed by atoms with van der Waals surface area (Å²) in [5.41, 5.74) is 0. The molecule has 1 rings (SSSR count). The summed E-state index contributed by atoms with van der Waals surface area (Å²) in [6, 6.07) is 0. The summed E-state index contributed by atoms with van der Waals surface area (Å²) in [5, 5.41) is 28.6. The van der Waals surface area contributed by atoms with E-state index in [-0.39, 0.29) is 6.61 Å². The Hall–Kier alpha value is -0.460. The maximum absolute atomic E-state index is 10.1. The zero-order valence-electron chi connectivity index (χ0n) is 18.6. The molecule has 0 aromatic rings. The largest absolute Gasteiger partial charge is 0.394 e. The first-order valence-electron chi connectivity index (χ1n) is 12.1. The fourth-order valence-electron chi connectivity index (χ4n) is 3.79. The molecule has 5 heteroatoms. The molecule has 1 aliphatic rings. The smallest absolute Gasteiger partial charge is 0.114 e. The molecule has 1 aliphatic heterocycles. The number of allylic oxidation sites excluding steroid dienone is 2. The minimum absolute atomic E-state index is 0.270. The second kappa shape index (κ2) is 18.3. The molecule has 0 spiro atoms. The molecule has 0 aromatic carbocycles. The van der Waals surface area contributed by atoms with E-state index >= 15 is 0 Å². The van der Waals surface area contributed by atoms with Gasteiger partial charge in [-0.25, -0.2) is 0 Å². The van der Waals surface area contributed by atoms with Gasteiger partial charge in [0.1, 0.15) is 24.4 Å². The lowest BCUT2D eigenvalue weighted by Crippen LogP contribution is -2.41. The van der Waals surface area contributed by atoms with Crippen molar-refractivity contribution >= 4 is 0 Å². The van der Waals surface area contributed by atoms with Crippen LogP contribution in [0.25, 0.3) is 0 Å². The van der Waals surface area contributed by atoms with E-state index in [1.54, 1.807) is 0 Å². The van der Waals surface area contributed by atoms with Crippen LogP contribution in [0.5, 0.6) is 0 Å². The van der Waals surface area contributed by atoms with E-state index in [9.17, 15) is 10.2 Å². The number of ether oxygens (including phenoxy) is 2. The van der Waals surface area contributed by atoms with Crippen molar-refractivity contribution in [2.45, 2.75) is 121 Å². The van der Waals surface area contributed by atoms with E-state index in [1.807, 2.05) is 0 Å². The lowest BCUT2D eigenvalue weighted by molar-refractivity contribution is -0.0730. The van der Waals surface area contributed by atoms with Crippen molar-refractivity contribution in [3.05, 3.63) is 12.2 Å². The molecular weight excluding hydrogens is 368 g/mol. The monoisotopic (exact) mass is 414 g/mol. The van der Waals surface area contributed by atoms with Gasteiger partial charge in [-0.3, -0.25) is 0 Å². The molecule has 4 atom stereocenters. The molecule has 0 unspecified atom stereocenters. The predicted octanol–water partition coefficient (Wildman–Crippen LogP) is 4.52. The van der Waals surface area contributed by atoms with Gasteiger partial charge in [-0.05, 0) is 32.1 Å². The Labute approximate surface area is 178 Å². The molecule has 1 heterocycles. The van der Waals surface area contributed by atoms with Gasteiger partial charge in [-0.1, -0.05) is 76.9 Å². The van der Waals surface area contributed by atoms with E-state index in [4.69, 9.17) is 14.6 Å². The summed E-state index contributed by atoms with van der Waals surface area (Å²) in [6.07, 6.45) is 19.5. The normalized spacial score (nSPS) is 23.2. The molecule has 0 saturated carbocycles. The summed E-state index contributed by atoms with van der Waals surface area (Å²) < 4.78 is 11.0. The summed E-state index contributed by atoms with van der Waals surface area (Å²) in [7, 11) is 0. The number of hydrogen-bond donors (Lipinski definition) is 3. The Kier molecular flexibility index (Phi) is 16.8. The maximum Gasteiger partial charge on any atom is 0.114 e. The number of aliphatic hydroxyl groups is 3. The number of aliphatic hydroxyl groups excluding tert-OH is 3. The standard InChI is InChI=1S/C24H46O5/c1-2-3-4-5-6-7-8-9-10-11-12-13-14-15-16-17-18-28-22-20-29-24(23(22)27)21(26)19-25/h11-12,21-27H,2-10,13-20H2,1H3/b12-11+/t21-,22+,23-,24-/m0/s1. The van der Waals surface area contributed by atoms with Gasteiger partial charge in [-0.15, -0.1) is 0 Å². The number of hydrogen-bond acceptors (Lipinski definition) is 5. The quantitative estimate of drug-likeness (QED) is 0.214. The van der Waals surface area contributed by atoms with Crippen LogP contribution in [-0.4, -0.2) is 59.6 Å². The second-order valence-corrected chi connectivity index (χ2v) is 8.39. The van der Waals surface area contributed by atoms with Crippen molar-refractivity contribution in [3.8, 4) is 0 Å². The fourth-order valence-corrected chi connectivity index (χ4v) is 3.79. The highest BCUT2D eigenvalue weighted by Crippen LogP contribution is 2.20. The Morgan fingerprint density at radius 2 is 1.45 bits per heavy atom. The van der Waals surface area contributed by atoms with Crippen LogP contribution in [0, 0.1) is 0 Å². The lowest BCUT2D eigenvalue weighted by Gasteiger charge is -2.20. The first-order chi connectivity index (χ1) is 14.2. The van der Waals surface area contributed by atoms with E-state index in [2.05, 4.69) is 19.1 Å². The molecular formula is C24H46O5. The zero-order chi connectivity index (χ0) is 21.2. The van der Waals surface area contributed by atoms with Crippen LogP contribution in [0.3, 0.4) is 0 Å². The lowest BCUT2D eigenvalue weighted by atomic mass is 10.1. The molecule has 0 amide bonds. The van der Waals surface area contributed by atoms with Crippen LogP contribution in [0.2, 0.25) is 0 Å². The molecule has 1 fully saturated rings. The third-order valence-electron chi connectivity index (χ3n) is 5.72. The first kappa shape index (κ1) is 26.6. The predicted molar refractivity (Wildman–Crippen MR) is 118 cm³/mol. The Morgan fingerprint density at radius 3 is 2.03 bits per heavy atom. The van der Waals surface area contributed by atoms with Crippen LogP contribution < -0.4 is 0 Å². The van der Waals surface area contributed by atoms with E-state index in [0.717, 1.165) is 19.3 Å². The molecule has 1 saturated heterocycles. The maximum atomic E-state index is 10.1. The minimum Gasteiger partial charge on any atom is -0.394 e. The van der Waals surface area contributed by atoms with Crippen LogP contribution in [-0.2, 0) is 9.47 Å². The van der Waals surface area contributed by atoms with Crippen molar-refractivity contribution in [2.75, 3.05) is 19.8 Å². The fraction of sp³-hybridized carbons (Fsp3) is 0.917. The van der Waals surface area contributed by atoms with E-state index in [0.29, 0.717) is 6.61 Å². The number of rotatable bonds is 19. The van der Waals surface area contributed by atoms with Crippen LogP contribution in [0.1, 0.15) is 96.8 Å². The average Bonchev–Trinajstić information content (AvgIpc) is 3.10. The Balaban J connectivity index is 1.84. The van der Waals surface area contributed by atoms with Gasteiger partial charge in [0.05, 0.1) is 13.2 Å². The summed E-state index contributed by atoms with van der Waals surface area (Å²) in [4.78, 5) is 0. The van der Waals surface area contributed by atoms with Crippen LogP contribution >= 0.6 is 0 Å². The minimum atomic E-state index is -1.05. The summed E-state index contributed by atoms with van der Waals surface area (Å²) >= 11 is 0. The third kappa shape index (κ3) is 12.7. The van der Waals surface area contributed by atoms with Crippen LogP contribution in [0.4, 0.5) is 0 Å². The summed E-state index contributed by atoms with van der Waals surface area (Å²) in [5.74, 6) is 0. The molecule has 172 valence electrons. The SMILES string of the molecule is CCCCCCCCCC/C=C/CCCCCCO[C@@H]1CO[C@@H]([C@@H](O)CO)[C@H]1O. The molecule has 5 nitrogen and oxygen atoms in total. The van der Waals surface area contributed by atoms with Crippen molar-refractivity contribution < 1.29 is 24.8 Å². The third-order valence-corrected chi connectivity index (χ3v) is 5.72. The van der Waals surface area contributed by atoms with Gasteiger partial charge >= 0.3 is 0 Å². The highest BCUT2D eigenvalue weighted by atomic mass is 16.6. The van der Waals surface area contributed by atoms with Crippen molar-refractivity contribution in [1.29, 1.82) is 0 Å². The average molecular weight is 415 g/mol. The molecule has 3 N–H and O–H groups in total. The van der Waals surface area contributed by atoms with Gasteiger partial charge < -0.3 is 24.8 Å². The molecule has 29 heavy (non-hydrogen) atoms. The van der Waals surface area contributed by atoms with Gasteiger partial charge in [0, 0.05) is 6.61 Å². The second-order valence-electron chi connectivity index (χ2n) is 8.39. The van der Waals surface area contributed by atoms with E-state index < -0.39 is 31.0 Å². The molecule has 0 aromatic heterocycles. The Bertz CT molecular complexity index is 387. The van der Waals surface area contributed by atoms with E-state index in [1.165, 1.54) is 70.6 Å². The van der Waals surface area contributed by atoms with Crippen molar-refractivity contribution in [2.24, 2.45) is 0 Å². The number of unbranched alkanes of at least 4 members (excludes halogenated alkanes) is 12. The van der Waals surface area contributed by atoms with Gasteiger partial charge in [0.2, 0.25) is 0 Å². The van der Waals surface area contributed by atoms with Crippen molar-refractivity contribution in [1.82, 2.24) is 0 Å². The van der Waals surface area contributed by atoms with Gasteiger partial charge in [-0.2, -0.15) is 0 Å². The van der Waals surface area contributed by atoms with Crippen molar-refractivity contribution in [3.63, 3.8) is 0 Å². The summed E-state index contributed by atoms with van der Waals surface area (Å²) in [6.45, 7) is 2.72. The highest BCUT2D eigenvalue weighted by Gasteiger charge is 2.40. The Morgan fingerprint density at radius 1 is 0.897 bits per heavy atom. The molecule has 0 aliphatic carbocycles. The van der Waals surface area contributed by atoms with Crippen LogP contribution in [0.15, 0.2) is 12.2 Å². The van der Waals surface area contributed by atoms with Gasteiger partial charge in [0.15, 0.2) is 0 Å². The zero-order valence-corrected chi connectivity index (χ0v) is 18.6. The topological polar surface area (TPSA) is 79.2 Å². The molecule has 0 bridgehead atoms. The van der Waals surface area contributed by atoms with Gasteiger partial charge in [0.25, 0.3) is 0 Å². The highest BCUT2D eigenvalue weighted by molar-refractivity contribution is 4.88. The molecule has 0 radical (unpaired) electrons. The first-order valence-corrected chi connectivity index (χ1v) is 12.1.